The highest BCUT2D eigenvalue weighted by molar-refractivity contribution is 9.10. The van der Waals surface area contributed by atoms with Gasteiger partial charge in [0.15, 0.2) is 0 Å². The van der Waals surface area contributed by atoms with Gasteiger partial charge in [-0.25, -0.2) is 16.8 Å². The molecule has 0 radical (unpaired) electrons. The molecule has 0 bridgehead atoms. The van der Waals surface area contributed by atoms with Crippen molar-refractivity contribution in [3.63, 3.8) is 0 Å². The van der Waals surface area contributed by atoms with Crippen molar-refractivity contribution in [3.8, 4) is 0 Å². The zero-order valence-corrected chi connectivity index (χ0v) is 18.4. The maximum Gasteiger partial charge on any atom is 0.243 e. The van der Waals surface area contributed by atoms with E-state index in [2.05, 4.69) is 15.9 Å². The second-order valence-corrected chi connectivity index (χ2v) is 11.8. The molecule has 0 amide bonds. The average Bonchev–Trinajstić information content (AvgIpc) is 3.16. The molecule has 1 aliphatic heterocycles. The summed E-state index contributed by atoms with van der Waals surface area (Å²) in [4.78, 5) is 0.517. The SMILES string of the molecule is O=S(=O)(c1ccc(Br)cc1)N1CCN(S(=O)(=O)c2ccc3c(c2)CCC3)CC1. The standard InChI is InChI=1S/C19H21BrN2O4S2/c20-17-5-8-18(9-6-17)27(23,24)21-10-12-22(13-11-21)28(25,26)19-7-4-15-2-1-3-16(15)14-19/h4-9,14H,1-3,10-13H2. The van der Waals surface area contributed by atoms with Gasteiger partial charge in [-0.05, 0) is 66.8 Å². The summed E-state index contributed by atoms with van der Waals surface area (Å²) in [5.74, 6) is 0. The molecule has 9 heteroatoms. The van der Waals surface area contributed by atoms with E-state index in [4.69, 9.17) is 0 Å². The zero-order valence-electron chi connectivity index (χ0n) is 15.2. The number of fused-ring (bicyclic) bond motifs is 1. The van der Waals surface area contributed by atoms with Crippen LogP contribution in [0.2, 0.25) is 0 Å². The van der Waals surface area contributed by atoms with Gasteiger partial charge in [-0.1, -0.05) is 22.0 Å². The van der Waals surface area contributed by atoms with Crippen molar-refractivity contribution >= 4 is 36.0 Å². The smallest absolute Gasteiger partial charge is 0.207 e. The maximum atomic E-state index is 13.0. The summed E-state index contributed by atoms with van der Waals surface area (Å²) < 4.78 is 55.1. The number of hydrogen-bond acceptors (Lipinski definition) is 4. The first-order valence-electron chi connectivity index (χ1n) is 9.16. The van der Waals surface area contributed by atoms with Gasteiger partial charge in [0, 0.05) is 30.7 Å². The van der Waals surface area contributed by atoms with E-state index in [9.17, 15) is 16.8 Å². The molecule has 2 aromatic rings. The van der Waals surface area contributed by atoms with Crippen molar-refractivity contribution in [2.24, 2.45) is 0 Å². The number of rotatable bonds is 4. The minimum Gasteiger partial charge on any atom is -0.207 e. The van der Waals surface area contributed by atoms with Crippen LogP contribution in [0.25, 0.3) is 0 Å². The summed E-state index contributed by atoms with van der Waals surface area (Å²) in [5.41, 5.74) is 2.34. The Balaban J connectivity index is 1.50. The molecule has 4 rings (SSSR count). The van der Waals surface area contributed by atoms with Crippen LogP contribution in [0.15, 0.2) is 56.7 Å². The molecule has 1 aliphatic carbocycles. The van der Waals surface area contributed by atoms with Crippen LogP contribution in [0.5, 0.6) is 0 Å². The topological polar surface area (TPSA) is 74.8 Å². The van der Waals surface area contributed by atoms with Crippen LogP contribution in [0, 0.1) is 0 Å². The number of nitrogens with zero attached hydrogens (tertiary/aromatic N) is 2. The highest BCUT2D eigenvalue weighted by Gasteiger charge is 2.34. The molecule has 1 saturated heterocycles. The molecule has 150 valence electrons. The van der Waals surface area contributed by atoms with Crippen LogP contribution in [0.1, 0.15) is 17.5 Å². The highest BCUT2D eigenvalue weighted by atomic mass is 79.9. The molecule has 0 aromatic heterocycles. The largest absolute Gasteiger partial charge is 0.243 e. The number of sulfonamides is 2. The minimum absolute atomic E-state index is 0.141. The minimum atomic E-state index is -3.63. The maximum absolute atomic E-state index is 13.0. The summed E-state index contributed by atoms with van der Waals surface area (Å²) in [6.07, 6.45) is 2.98. The van der Waals surface area contributed by atoms with Crippen LogP contribution < -0.4 is 0 Å². The van der Waals surface area contributed by atoms with Crippen molar-refractivity contribution in [1.29, 1.82) is 0 Å². The third kappa shape index (κ3) is 3.66. The first kappa shape index (κ1) is 20.0. The summed E-state index contributed by atoms with van der Waals surface area (Å²) in [5, 5.41) is 0. The first-order chi connectivity index (χ1) is 13.3. The van der Waals surface area contributed by atoms with Crippen LogP contribution in [-0.4, -0.2) is 51.6 Å². The van der Waals surface area contributed by atoms with Gasteiger partial charge in [-0.3, -0.25) is 0 Å². The van der Waals surface area contributed by atoms with Gasteiger partial charge in [0.05, 0.1) is 9.79 Å². The number of halogens is 1. The van der Waals surface area contributed by atoms with Crippen molar-refractivity contribution in [2.75, 3.05) is 26.2 Å². The lowest BCUT2D eigenvalue weighted by molar-refractivity contribution is 0.273. The van der Waals surface area contributed by atoms with E-state index in [0.717, 1.165) is 29.3 Å². The Hall–Kier alpha value is -1.26. The molecule has 0 N–H and O–H groups in total. The molecule has 6 nitrogen and oxygen atoms in total. The fourth-order valence-electron chi connectivity index (χ4n) is 3.76. The van der Waals surface area contributed by atoms with Crippen molar-refractivity contribution in [3.05, 3.63) is 58.1 Å². The second kappa shape index (κ2) is 7.53. The molecule has 28 heavy (non-hydrogen) atoms. The van der Waals surface area contributed by atoms with Crippen LogP contribution >= 0.6 is 15.9 Å². The van der Waals surface area contributed by atoms with E-state index in [1.54, 1.807) is 36.4 Å². The third-order valence-electron chi connectivity index (χ3n) is 5.36. The average molecular weight is 485 g/mol. The molecule has 1 fully saturated rings. The molecule has 0 saturated carbocycles. The van der Waals surface area contributed by atoms with E-state index in [-0.39, 0.29) is 31.1 Å². The predicted molar refractivity (Wildman–Crippen MR) is 110 cm³/mol. The number of aryl methyl sites for hydroxylation is 2. The van der Waals surface area contributed by atoms with E-state index >= 15 is 0 Å². The van der Waals surface area contributed by atoms with E-state index in [1.165, 1.54) is 14.2 Å². The fourth-order valence-corrected chi connectivity index (χ4v) is 6.92. The molecular formula is C19H21BrN2O4S2. The quantitative estimate of drug-likeness (QED) is 0.668. The molecule has 2 aliphatic rings. The molecular weight excluding hydrogens is 464 g/mol. The Bertz CT molecular complexity index is 1090. The van der Waals surface area contributed by atoms with Gasteiger partial charge in [0.2, 0.25) is 20.0 Å². The van der Waals surface area contributed by atoms with E-state index < -0.39 is 20.0 Å². The normalized spacial score (nSPS) is 18.9. The number of hydrogen-bond donors (Lipinski definition) is 0. The van der Waals surface area contributed by atoms with Crippen molar-refractivity contribution in [1.82, 2.24) is 8.61 Å². The summed E-state index contributed by atoms with van der Waals surface area (Å²) in [7, 11) is -7.25. The van der Waals surface area contributed by atoms with Gasteiger partial charge in [-0.15, -0.1) is 0 Å². The molecule has 2 aromatic carbocycles. The monoisotopic (exact) mass is 484 g/mol. The summed E-state index contributed by atoms with van der Waals surface area (Å²) >= 11 is 3.30. The Kier molecular flexibility index (Phi) is 5.39. The van der Waals surface area contributed by atoms with Gasteiger partial charge >= 0.3 is 0 Å². The van der Waals surface area contributed by atoms with Gasteiger partial charge < -0.3 is 0 Å². The summed E-state index contributed by atoms with van der Waals surface area (Å²) in [6, 6.07) is 11.8. The van der Waals surface area contributed by atoms with Crippen LogP contribution in [0.3, 0.4) is 0 Å². The van der Waals surface area contributed by atoms with Crippen LogP contribution in [0.4, 0.5) is 0 Å². The Morgan fingerprint density at radius 1 is 0.679 bits per heavy atom. The van der Waals surface area contributed by atoms with E-state index in [1.807, 2.05) is 6.07 Å². The first-order valence-corrected chi connectivity index (χ1v) is 12.8. The zero-order chi connectivity index (χ0) is 19.9. The predicted octanol–water partition coefficient (Wildman–Crippen LogP) is 2.63. The van der Waals surface area contributed by atoms with Gasteiger partial charge in [0.25, 0.3) is 0 Å². The third-order valence-corrected chi connectivity index (χ3v) is 9.69. The lowest BCUT2D eigenvalue weighted by Crippen LogP contribution is -2.50. The number of piperazine rings is 1. The lowest BCUT2D eigenvalue weighted by Gasteiger charge is -2.33. The van der Waals surface area contributed by atoms with Gasteiger partial charge in [0.1, 0.15) is 0 Å². The van der Waals surface area contributed by atoms with Crippen molar-refractivity contribution < 1.29 is 16.8 Å². The molecule has 0 unspecified atom stereocenters. The number of benzene rings is 2. The van der Waals surface area contributed by atoms with Gasteiger partial charge in [-0.2, -0.15) is 8.61 Å². The summed E-state index contributed by atoms with van der Waals surface area (Å²) in [6.45, 7) is 0.579. The molecule has 0 spiro atoms. The fraction of sp³-hybridized carbons (Fsp3) is 0.368. The molecule has 0 atom stereocenters. The lowest BCUT2D eigenvalue weighted by atomic mass is 10.1. The second-order valence-electron chi connectivity index (χ2n) is 7.05. The Morgan fingerprint density at radius 3 is 1.79 bits per heavy atom. The Morgan fingerprint density at radius 2 is 1.18 bits per heavy atom. The highest BCUT2D eigenvalue weighted by Crippen LogP contribution is 2.27. The van der Waals surface area contributed by atoms with Crippen molar-refractivity contribution in [2.45, 2.75) is 29.1 Å². The molecule has 1 heterocycles. The Labute approximate surface area is 174 Å². The van der Waals surface area contributed by atoms with Crippen LogP contribution in [-0.2, 0) is 32.9 Å². The van der Waals surface area contributed by atoms with E-state index in [0.29, 0.717) is 4.90 Å².